The number of rotatable bonds is 9. The number of hydrogen-bond acceptors (Lipinski definition) is 3. The number of nitrogens with one attached hydrogen (secondary N) is 1. The molecular weight excluding hydrogens is 338 g/mol. The topological polar surface area (TPSA) is 41.6 Å². The minimum atomic E-state index is -0.940. The third-order valence-electron chi connectivity index (χ3n) is 5.75. The van der Waals surface area contributed by atoms with Crippen LogP contribution in [0.5, 0.6) is 5.75 Å². The first kappa shape index (κ1) is 19.1. The molecule has 4 rings (SSSR count). The van der Waals surface area contributed by atoms with Crippen LogP contribution in [0, 0.1) is 17.6 Å². The van der Waals surface area contributed by atoms with Gasteiger partial charge in [-0.05, 0) is 37.4 Å². The van der Waals surface area contributed by atoms with E-state index in [9.17, 15) is 13.6 Å². The lowest BCUT2D eigenvalue weighted by atomic mass is 9.80. The van der Waals surface area contributed by atoms with Crippen LogP contribution in [-0.4, -0.2) is 43.1 Å². The van der Waals surface area contributed by atoms with Crippen LogP contribution in [0.3, 0.4) is 0 Å². The maximum atomic E-state index is 14.3. The summed E-state index contributed by atoms with van der Waals surface area (Å²) in [6, 6.07) is 2.54. The smallest absolute Gasteiger partial charge is 0.257 e. The molecule has 3 aliphatic rings. The molecule has 3 fully saturated rings. The van der Waals surface area contributed by atoms with Crippen molar-refractivity contribution < 1.29 is 18.3 Å². The van der Waals surface area contributed by atoms with E-state index in [0.29, 0.717) is 12.0 Å². The van der Waals surface area contributed by atoms with Crippen LogP contribution in [0.2, 0.25) is 0 Å². The first-order valence-corrected chi connectivity index (χ1v) is 9.63. The third kappa shape index (κ3) is 3.70. The van der Waals surface area contributed by atoms with Gasteiger partial charge in [0.1, 0.15) is 11.4 Å². The second kappa shape index (κ2) is 8.33. The number of benzene rings is 1. The summed E-state index contributed by atoms with van der Waals surface area (Å²) in [4.78, 5) is 14.9. The van der Waals surface area contributed by atoms with Crippen LogP contribution in [0.25, 0.3) is 0 Å². The van der Waals surface area contributed by atoms with E-state index in [1.165, 1.54) is 45.3 Å². The van der Waals surface area contributed by atoms with Crippen LogP contribution in [-0.2, 0) is 0 Å². The molecule has 3 unspecified atom stereocenters. The predicted molar refractivity (Wildman–Crippen MR) is 96.4 cm³/mol. The van der Waals surface area contributed by atoms with E-state index in [-0.39, 0.29) is 11.8 Å². The fourth-order valence-electron chi connectivity index (χ4n) is 4.23. The number of unbranched alkanes of at least 4 members (excludes halogenated alkanes) is 4. The fraction of sp³-hybridized carbons (Fsp3) is 0.650. The van der Waals surface area contributed by atoms with Gasteiger partial charge in [-0.2, -0.15) is 0 Å². The van der Waals surface area contributed by atoms with Crippen molar-refractivity contribution in [3.05, 3.63) is 29.3 Å². The van der Waals surface area contributed by atoms with Gasteiger partial charge in [0, 0.05) is 18.6 Å². The highest BCUT2D eigenvalue weighted by molar-refractivity contribution is 5.95. The highest BCUT2D eigenvalue weighted by atomic mass is 19.1. The Morgan fingerprint density at radius 1 is 1.27 bits per heavy atom. The Bertz CT molecular complexity index is 653. The Hall–Kier alpha value is -1.69. The number of hydrogen-bond donors (Lipinski definition) is 1. The summed E-state index contributed by atoms with van der Waals surface area (Å²) < 4.78 is 33.1. The number of fused-ring (bicyclic) bond motifs is 1. The van der Waals surface area contributed by atoms with Gasteiger partial charge in [-0.15, -0.1) is 0 Å². The predicted octanol–water partition coefficient (Wildman–Crippen LogP) is 3.75. The van der Waals surface area contributed by atoms with Gasteiger partial charge in [0.25, 0.3) is 5.91 Å². The van der Waals surface area contributed by atoms with Crippen LogP contribution in [0.15, 0.2) is 12.1 Å². The molecule has 1 N–H and O–H groups in total. The van der Waals surface area contributed by atoms with Crippen molar-refractivity contribution >= 4 is 5.91 Å². The van der Waals surface area contributed by atoms with E-state index in [0.717, 1.165) is 25.6 Å². The molecule has 2 bridgehead atoms. The number of nitrogens with zero attached hydrogens (tertiary/aromatic N) is 1. The summed E-state index contributed by atoms with van der Waals surface area (Å²) in [5, 5.41) is 2.85. The number of amides is 1. The zero-order chi connectivity index (χ0) is 18.7. The van der Waals surface area contributed by atoms with Gasteiger partial charge in [-0.1, -0.05) is 32.6 Å². The van der Waals surface area contributed by atoms with Crippen LogP contribution < -0.4 is 10.1 Å². The SMILES string of the molecule is CCCCCCCN1CC2CC1C2NC(=O)c1c(F)ccc(OC)c1F. The van der Waals surface area contributed by atoms with Gasteiger partial charge in [0.05, 0.1) is 7.11 Å². The second-order valence-electron chi connectivity index (χ2n) is 7.41. The summed E-state index contributed by atoms with van der Waals surface area (Å²) in [6.07, 6.45) is 7.25. The zero-order valence-electron chi connectivity index (χ0n) is 15.6. The fourth-order valence-corrected chi connectivity index (χ4v) is 4.23. The molecule has 1 saturated carbocycles. The number of carbonyl (C=O) groups excluding carboxylic acids is 1. The minimum Gasteiger partial charge on any atom is -0.494 e. The largest absolute Gasteiger partial charge is 0.494 e. The second-order valence-corrected chi connectivity index (χ2v) is 7.41. The summed E-state index contributed by atoms with van der Waals surface area (Å²) in [5.74, 6) is -2.23. The molecule has 144 valence electrons. The molecule has 1 amide bonds. The minimum absolute atomic E-state index is 0.0110. The Labute approximate surface area is 153 Å². The standard InChI is InChI=1S/C20H28F2N2O2/c1-3-4-5-6-7-10-24-12-13-11-15(24)19(13)23-20(25)17-14(21)8-9-16(26-2)18(17)22/h8-9,13,15,19H,3-7,10-12H2,1-2H3,(H,23,25). The zero-order valence-corrected chi connectivity index (χ0v) is 15.6. The van der Waals surface area contributed by atoms with Crippen molar-refractivity contribution in [2.75, 3.05) is 20.2 Å². The van der Waals surface area contributed by atoms with Gasteiger partial charge in [0.2, 0.25) is 0 Å². The number of ether oxygens (including phenoxy) is 1. The Balaban J connectivity index is 1.55. The van der Waals surface area contributed by atoms with E-state index < -0.39 is 23.1 Å². The molecule has 0 spiro atoms. The van der Waals surface area contributed by atoms with Crippen molar-refractivity contribution in [1.82, 2.24) is 10.2 Å². The molecular formula is C20H28F2N2O2. The van der Waals surface area contributed by atoms with E-state index >= 15 is 0 Å². The summed E-state index contributed by atoms with van der Waals surface area (Å²) in [7, 11) is 1.29. The normalized spacial score (nSPS) is 24.4. The molecule has 1 aromatic carbocycles. The highest BCUT2D eigenvalue weighted by Crippen LogP contribution is 2.41. The molecule has 2 aliphatic heterocycles. The van der Waals surface area contributed by atoms with Crippen LogP contribution >= 0.6 is 0 Å². The van der Waals surface area contributed by atoms with Crippen molar-refractivity contribution in [2.45, 2.75) is 57.5 Å². The molecule has 1 aromatic rings. The van der Waals surface area contributed by atoms with Crippen molar-refractivity contribution in [1.29, 1.82) is 0 Å². The quantitative estimate of drug-likeness (QED) is 0.677. The summed E-state index contributed by atoms with van der Waals surface area (Å²) in [6.45, 7) is 4.21. The molecule has 6 heteroatoms. The summed E-state index contributed by atoms with van der Waals surface area (Å²) >= 11 is 0. The highest BCUT2D eigenvalue weighted by Gasteiger charge is 2.52. The third-order valence-corrected chi connectivity index (χ3v) is 5.75. The molecule has 1 aliphatic carbocycles. The van der Waals surface area contributed by atoms with Gasteiger partial charge in [-0.25, -0.2) is 8.78 Å². The van der Waals surface area contributed by atoms with E-state index in [4.69, 9.17) is 4.74 Å². The molecule has 3 atom stereocenters. The summed E-state index contributed by atoms with van der Waals surface area (Å²) in [5.41, 5.74) is -0.554. The average molecular weight is 366 g/mol. The number of carbonyl (C=O) groups is 1. The molecule has 0 aromatic heterocycles. The number of halogens is 2. The monoisotopic (exact) mass is 366 g/mol. The molecule has 2 saturated heterocycles. The first-order chi connectivity index (χ1) is 12.6. The lowest BCUT2D eigenvalue weighted by molar-refractivity contribution is 0.0858. The van der Waals surface area contributed by atoms with E-state index in [1.54, 1.807) is 0 Å². The first-order valence-electron chi connectivity index (χ1n) is 9.63. The Kier molecular flexibility index (Phi) is 6.12. The molecule has 2 heterocycles. The van der Waals surface area contributed by atoms with Crippen LogP contribution in [0.1, 0.15) is 55.8 Å². The molecule has 4 nitrogen and oxygen atoms in total. The Morgan fingerprint density at radius 3 is 2.77 bits per heavy atom. The Morgan fingerprint density at radius 2 is 2.04 bits per heavy atom. The van der Waals surface area contributed by atoms with Crippen molar-refractivity contribution in [3.8, 4) is 5.75 Å². The van der Waals surface area contributed by atoms with Crippen molar-refractivity contribution in [2.24, 2.45) is 5.92 Å². The maximum absolute atomic E-state index is 14.3. The van der Waals surface area contributed by atoms with Crippen LogP contribution in [0.4, 0.5) is 8.78 Å². The molecule has 0 radical (unpaired) electrons. The van der Waals surface area contributed by atoms with Gasteiger partial charge >= 0.3 is 0 Å². The molecule has 26 heavy (non-hydrogen) atoms. The van der Waals surface area contributed by atoms with Gasteiger partial charge in [0.15, 0.2) is 11.6 Å². The van der Waals surface area contributed by atoms with Gasteiger partial charge < -0.3 is 10.1 Å². The maximum Gasteiger partial charge on any atom is 0.257 e. The van der Waals surface area contributed by atoms with E-state index in [1.807, 2.05) is 0 Å². The lowest BCUT2D eigenvalue weighted by Crippen LogP contribution is -2.54. The van der Waals surface area contributed by atoms with E-state index in [2.05, 4.69) is 17.1 Å². The number of methoxy groups -OCH3 is 1. The van der Waals surface area contributed by atoms with Crippen molar-refractivity contribution in [3.63, 3.8) is 0 Å². The van der Waals surface area contributed by atoms with Gasteiger partial charge in [-0.3, -0.25) is 9.69 Å². The average Bonchev–Trinajstić information content (AvgIpc) is 3.18. The lowest BCUT2D eigenvalue weighted by Gasteiger charge is -2.37.